The van der Waals surface area contributed by atoms with E-state index in [0.29, 0.717) is 0 Å². The number of carbonyl (C=O) groups is 1. The van der Waals surface area contributed by atoms with Crippen molar-refractivity contribution in [2.45, 2.75) is 39.5 Å². The van der Waals surface area contributed by atoms with Gasteiger partial charge in [-0.15, -0.1) is 0 Å². The van der Waals surface area contributed by atoms with Crippen molar-refractivity contribution in [3.8, 4) is 0 Å². The molecule has 0 saturated carbocycles. The van der Waals surface area contributed by atoms with E-state index in [1.54, 1.807) is 0 Å². The summed E-state index contributed by atoms with van der Waals surface area (Å²) in [5.74, 6) is 0.783. The molecule has 3 nitrogen and oxygen atoms in total. The van der Waals surface area contributed by atoms with E-state index in [1.807, 2.05) is 4.90 Å². The van der Waals surface area contributed by atoms with E-state index in [2.05, 4.69) is 19.2 Å². The number of urea groups is 1. The van der Waals surface area contributed by atoms with Gasteiger partial charge in [0, 0.05) is 19.6 Å². The monoisotopic (exact) mass is 198 g/mol. The molecule has 0 atom stereocenters. The Morgan fingerprint density at radius 3 is 2.86 bits per heavy atom. The summed E-state index contributed by atoms with van der Waals surface area (Å²) in [4.78, 5) is 13.3. The van der Waals surface area contributed by atoms with Crippen LogP contribution >= 0.6 is 0 Å². The molecule has 0 aliphatic carbocycles. The maximum atomic E-state index is 11.3. The van der Waals surface area contributed by atoms with E-state index in [0.717, 1.165) is 38.4 Å². The zero-order chi connectivity index (χ0) is 10.4. The molecule has 82 valence electrons. The summed E-state index contributed by atoms with van der Waals surface area (Å²) in [5, 5.41) is 2.87. The Hall–Kier alpha value is -0.730. The van der Waals surface area contributed by atoms with Crippen molar-refractivity contribution in [3.63, 3.8) is 0 Å². The van der Waals surface area contributed by atoms with Gasteiger partial charge in [0.15, 0.2) is 0 Å². The highest BCUT2D eigenvalue weighted by atomic mass is 16.2. The number of hydrogen-bond acceptors (Lipinski definition) is 1. The van der Waals surface area contributed by atoms with Gasteiger partial charge in [-0.3, -0.25) is 0 Å². The zero-order valence-electron chi connectivity index (χ0n) is 9.38. The summed E-state index contributed by atoms with van der Waals surface area (Å²) < 4.78 is 0. The van der Waals surface area contributed by atoms with Gasteiger partial charge in [0.05, 0.1) is 0 Å². The van der Waals surface area contributed by atoms with Crippen molar-refractivity contribution >= 4 is 6.03 Å². The summed E-state index contributed by atoms with van der Waals surface area (Å²) in [5.41, 5.74) is 0. The maximum Gasteiger partial charge on any atom is 0.317 e. The molecule has 1 heterocycles. The molecule has 3 heteroatoms. The molecule has 0 aromatic rings. The van der Waals surface area contributed by atoms with Crippen LogP contribution in [-0.4, -0.2) is 30.6 Å². The van der Waals surface area contributed by atoms with Gasteiger partial charge in [-0.05, 0) is 18.8 Å². The molecule has 1 rings (SSSR count). The van der Waals surface area contributed by atoms with Gasteiger partial charge in [-0.2, -0.15) is 0 Å². The minimum absolute atomic E-state index is 0.126. The molecule has 0 aromatic carbocycles. The number of nitrogens with zero attached hydrogens (tertiary/aromatic N) is 1. The Bertz CT molecular complexity index is 180. The van der Waals surface area contributed by atoms with Gasteiger partial charge < -0.3 is 10.2 Å². The lowest BCUT2D eigenvalue weighted by atomic mass is 10.1. The molecule has 0 radical (unpaired) electrons. The molecule has 1 fully saturated rings. The predicted molar refractivity (Wildman–Crippen MR) is 58.3 cm³/mol. The summed E-state index contributed by atoms with van der Waals surface area (Å²) in [6.45, 7) is 7.20. The van der Waals surface area contributed by atoms with Crippen LogP contribution in [0.15, 0.2) is 0 Å². The molecule has 0 spiro atoms. The Kier molecular flexibility index (Phi) is 4.77. The van der Waals surface area contributed by atoms with Crippen molar-refractivity contribution in [2.75, 3.05) is 19.6 Å². The first-order valence-electron chi connectivity index (χ1n) is 5.73. The first-order chi connectivity index (χ1) is 6.70. The van der Waals surface area contributed by atoms with E-state index in [9.17, 15) is 4.79 Å². The number of carbonyl (C=O) groups excluding carboxylic acids is 1. The van der Waals surface area contributed by atoms with Crippen LogP contribution in [0.2, 0.25) is 0 Å². The van der Waals surface area contributed by atoms with Gasteiger partial charge in [-0.25, -0.2) is 4.79 Å². The second-order valence-electron chi connectivity index (χ2n) is 4.46. The van der Waals surface area contributed by atoms with E-state index >= 15 is 0 Å². The van der Waals surface area contributed by atoms with Crippen molar-refractivity contribution in [2.24, 2.45) is 5.92 Å². The molecule has 0 unspecified atom stereocenters. The second kappa shape index (κ2) is 5.89. The van der Waals surface area contributed by atoms with E-state index in [-0.39, 0.29) is 6.03 Å². The minimum Gasteiger partial charge on any atom is -0.338 e. The van der Waals surface area contributed by atoms with Crippen molar-refractivity contribution < 1.29 is 4.79 Å². The fourth-order valence-electron chi connectivity index (χ4n) is 1.75. The third-order valence-electron chi connectivity index (χ3n) is 2.63. The Balaban J connectivity index is 2.07. The fourth-order valence-corrected chi connectivity index (χ4v) is 1.75. The van der Waals surface area contributed by atoms with Gasteiger partial charge >= 0.3 is 6.03 Å². The third-order valence-corrected chi connectivity index (χ3v) is 2.63. The van der Waals surface area contributed by atoms with Crippen LogP contribution in [0.4, 0.5) is 4.79 Å². The summed E-state index contributed by atoms with van der Waals surface area (Å²) in [6, 6.07) is 0.126. The molecule has 1 aliphatic heterocycles. The highest BCUT2D eigenvalue weighted by Crippen LogP contribution is 2.08. The van der Waals surface area contributed by atoms with Gasteiger partial charge in [0.25, 0.3) is 0 Å². The largest absolute Gasteiger partial charge is 0.338 e. The molecule has 0 bridgehead atoms. The summed E-state index contributed by atoms with van der Waals surface area (Å²) >= 11 is 0. The molecule has 1 saturated heterocycles. The van der Waals surface area contributed by atoms with Crippen LogP contribution in [0, 0.1) is 5.92 Å². The molecule has 2 amide bonds. The Labute approximate surface area is 86.9 Å². The van der Waals surface area contributed by atoms with E-state index in [4.69, 9.17) is 0 Å². The van der Waals surface area contributed by atoms with Crippen molar-refractivity contribution in [3.05, 3.63) is 0 Å². The van der Waals surface area contributed by atoms with E-state index in [1.165, 1.54) is 12.8 Å². The molecular formula is C11H22N2O. The number of unbranched alkanes of at least 4 members (excludes halogenated alkanes) is 1. The van der Waals surface area contributed by atoms with Gasteiger partial charge in [-0.1, -0.05) is 26.7 Å². The number of hydrogen-bond donors (Lipinski definition) is 1. The third kappa shape index (κ3) is 3.99. The number of nitrogens with one attached hydrogen (secondary N) is 1. The average molecular weight is 198 g/mol. The topological polar surface area (TPSA) is 32.3 Å². The first kappa shape index (κ1) is 11.3. The van der Waals surface area contributed by atoms with Crippen LogP contribution in [0.25, 0.3) is 0 Å². The van der Waals surface area contributed by atoms with Crippen LogP contribution in [0.3, 0.4) is 0 Å². The highest BCUT2D eigenvalue weighted by Gasteiger charge is 2.15. The Morgan fingerprint density at radius 1 is 1.43 bits per heavy atom. The summed E-state index contributed by atoms with van der Waals surface area (Å²) in [6.07, 6.45) is 4.75. The minimum atomic E-state index is 0.126. The molecule has 1 aliphatic rings. The van der Waals surface area contributed by atoms with Crippen LogP contribution in [0.1, 0.15) is 39.5 Å². The van der Waals surface area contributed by atoms with Crippen LogP contribution in [-0.2, 0) is 0 Å². The summed E-state index contributed by atoms with van der Waals surface area (Å²) in [7, 11) is 0. The van der Waals surface area contributed by atoms with Crippen LogP contribution in [0.5, 0.6) is 0 Å². The lowest BCUT2D eigenvalue weighted by Gasteiger charge is -2.27. The molecule has 0 aromatic heterocycles. The number of rotatable bonds is 5. The molecular weight excluding hydrogens is 176 g/mol. The first-order valence-corrected chi connectivity index (χ1v) is 5.73. The smallest absolute Gasteiger partial charge is 0.317 e. The Morgan fingerprint density at radius 2 is 2.21 bits per heavy atom. The lowest BCUT2D eigenvalue weighted by Crippen LogP contribution is -2.46. The van der Waals surface area contributed by atoms with Gasteiger partial charge in [0.2, 0.25) is 0 Å². The van der Waals surface area contributed by atoms with Crippen molar-refractivity contribution in [1.82, 2.24) is 10.2 Å². The molecule has 1 N–H and O–H groups in total. The second-order valence-corrected chi connectivity index (χ2v) is 4.46. The average Bonchev–Trinajstić information content (AvgIpc) is 2.15. The predicted octanol–water partition coefficient (Wildman–Crippen LogP) is 2.23. The zero-order valence-corrected chi connectivity index (χ0v) is 9.38. The fraction of sp³-hybridized carbons (Fsp3) is 0.909. The maximum absolute atomic E-state index is 11.3. The normalized spacial score (nSPS) is 17.4. The standard InChI is InChI=1S/C11H22N2O/c1-10(2)6-3-4-8-13-9-5-7-12-11(13)14/h10H,3-9H2,1-2H3,(H,12,14). The van der Waals surface area contributed by atoms with Crippen molar-refractivity contribution in [1.29, 1.82) is 0 Å². The highest BCUT2D eigenvalue weighted by molar-refractivity contribution is 5.74. The quantitative estimate of drug-likeness (QED) is 0.675. The van der Waals surface area contributed by atoms with Crippen LogP contribution < -0.4 is 5.32 Å². The van der Waals surface area contributed by atoms with Gasteiger partial charge in [0.1, 0.15) is 0 Å². The number of amides is 2. The SMILES string of the molecule is CC(C)CCCCN1CCCNC1=O. The van der Waals surface area contributed by atoms with E-state index < -0.39 is 0 Å². The molecule has 14 heavy (non-hydrogen) atoms. The lowest BCUT2D eigenvalue weighted by molar-refractivity contribution is 0.184.